The molecule has 0 saturated heterocycles. The summed E-state index contributed by atoms with van der Waals surface area (Å²) in [4.78, 5) is 0. The molecule has 1 heterocycles. The summed E-state index contributed by atoms with van der Waals surface area (Å²) >= 11 is 0. The van der Waals surface area contributed by atoms with Crippen molar-refractivity contribution in [2.75, 3.05) is 0 Å². The van der Waals surface area contributed by atoms with Crippen LogP contribution in [0.2, 0.25) is 0 Å². The fourth-order valence-corrected chi connectivity index (χ4v) is 1.55. The van der Waals surface area contributed by atoms with Gasteiger partial charge in [-0.2, -0.15) is 0 Å². The minimum Gasteiger partial charge on any atom is -0.205 e. The molecule has 2 rings (SSSR count). The highest BCUT2D eigenvalue weighted by atomic mass is 127. The van der Waals surface area contributed by atoms with E-state index in [-0.39, 0.29) is 24.0 Å². The zero-order valence-electron chi connectivity index (χ0n) is 9.91. The van der Waals surface area contributed by atoms with Gasteiger partial charge in [-0.3, -0.25) is 0 Å². The number of nitrogens with zero attached hydrogens (tertiary/aromatic N) is 1. The predicted molar refractivity (Wildman–Crippen MR) is 83.1 cm³/mol. The molecule has 0 aliphatic heterocycles. The lowest BCUT2D eigenvalue weighted by Crippen LogP contribution is -2.30. The maximum absolute atomic E-state index is 2.15. The smallest absolute Gasteiger partial charge is 0.169 e. The third kappa shape index (κ3) is 4.30. The molecule has 0 fully saturated rings. The number of benzene rings is 1. The Kier molecular flexibility index (Phi) is 5.91. The van der Waals surface area contributed by atoms with E-state index in [1.807, 2.05) is 6.07 Å². The molecule has 0 radical (unpaired) electrons. The van der Waals surface area contributed by atoms with Crippen molar-refractivity contribution in [2.45, 2.75) is 13.5 Å². The largest absolute Gasteiger partial charge is 0.205 e. The van der Waals surface area contributed by atoms with Gasteiger partial charge in [0.2, 0.25) is 0 Å². The summed E-state index contributed by atoms with van der Waals surface area (Å²) in [6.45, 7) is 3.15. The highest BCUT2D eigenvalue weighted by Crippen LogP contribution is 2.06. The molecule has 0 N–H and O–H groups in total. The Morgan fingerprint density at radius 3 is 1.94 bits per heavy atom. The molecule has 88 valence electrons. The van der Waals surface area contributed by atoms with Gasteiger partial charge < -0.3 is 0 Å². The lowest BCUT2D eigenvalue weighted by Gasteiger charge is -1.94. The monoisotopic (exact) mass is 338 g/mol. The summed E-state index contributed by atoms with van der Waals surface area (Å²) in [6, 6.07) is 14.6. The minimum atomic E-state index is 0. The maximum atomic E-state index is 2.15. The van der Waals surface area contributed by atoms with Crippen LogP contribution < -0.4 is 4.57 Å². The van der Waals surface area contributed by atoms with Crippen LogP contribution in [0.5, 0.6) is 0 Å². The molecular weight excluding hydrogens is 321 g/mol. The Morgan fingerprint density at radius 2 is 1.41 bits per heavy atom. The number of hydrogen-bond donors (Lipinski definition) is 0. The fraction of sp³-hybridized carbons (Fsp3) is 0.133. The first-order chi connectivity index (χ1) is 7.88. The minimum absolute atomic E-state index is 0. The Balaban J connectivity index is 0.00000144. The molecular formula is C15H17IN+. The van der Waals surface area contributed by atoms with E-state index in [1.54, 1.807) is 0 Å². The van der Waals surface area contributed by atoms with Crippen LogP contribution in [0.1, 0.15) is 18.1 Å². The molecule has 0 amide bonds. The third-order valence-corrected chi connectivity index (χ3v) is 2.55. The summed E-state index contributed by atoms with van der Waals surface area (Å²) in [6.07, 6.45) is 8.47. The Labute approximate surface area is 120 Å². The van der Waals surface area contributed by atoms with E-state index in [0.29, 0.717) is 0 Å². The summed E-state index contributed by atoms with van der Waals surface area (Å²) in [5, 5.41) is 0. The van der Waals surface area contributed by atoms with Crippen LogP contribution in [0.3, 0.4) is 0 Å². The summed E-state index contributed by atoms with van der Waals surface area (Å²) < 4.78 is 2.15. The van der Waals surface area contributed by atoms with E-state index >= 15 is 0 Å². The number of halogens is 1. The van der Waals surface area contributed by atoms with E-state index in [0.717, 1.165) is 6.54 Å². The van der Waals surface area contributed by atoms with Crippen LogP contribution in [-0.2, 0) is 6.54 Å². The first-order valence-corrected chi connectivity index (χ1v) is 5.61. The van der Waals surface area contributed by atoms with Crippen molar-refractivity contribution < 1.29 is 4.57 Å². The second-order valence-electron chi connectivity index (χ2n) is 3.71. The topological polar surface area (TPSA) is 3.88 Å². The third-order valence-electron chi connectivity index (χ3n) is 2.55. The van der Waals surface area contributed by atoms with Gasteiger partial charge in [0.05, 0.1) is 0 Å². The molecule has 1 aromatic heterocycles. The fourth-order valence-electron chi connectivity index (χ4n) is 1.55. The zero-order valence-corrected chi connectivity index (χ0v) is 12.2. The summed E-state index contributed by atoms with van der Waals surface area (Å²) in [7, 11) is 0. The molecule has 0 saturated carbocycles. The number of hydrogen-bond acceptors (Lipinski definition) is 0. The first kappa shape index (κ1) is 13.9. The molecule has 0 spiro atoms. The molecule has 1 nitrogen and oxygen atoms in total. The number of rotatable bonds is 3. The molecule has 0 bridgehead atoms. The van der Waals surface area contributed by atoms with Crippen molar-refractivity contribution in [1.82, 2.24) is 0 Å². The van der Waals surface area contributed by atoms with Crippen LogP contribution in [0.15, 0.2) is 54.9 Å². The maximum Gasteiger partial charge on any atom is 0.169 e. The Hall–Kier alpha value is -1.16. The van der Waals surface area contributed by atoms with Crippen LogP contribution >= 0.6 is 24.0 Å². The molecule has 1 aromatic carbocycles. The molecule has 0 unspecified atom stereocenters. The number of aryl methyl sites for hydroxylation is 1. The highest BCUT2D eigenvalue weighted by Gasteiger charge is 1.94. The van der Waals surface area contributed by atoms with Crippen LogP contribution in [-0.4, -0.2) is 0 Å². The molecule has 2 heteroatoms. The van der Waals surface area contributed by atoms with E-state index in [9.17, 15) is 0 Å². The van der Waals surface area contributed by atoms with Crippen LogP contribution in [0, 0.1) is 0 Å². The quantitative estimate of drug-likeness (QED) is 0.592. The van der Waals surface area contributed by atoms with Gasteiger partial charge in [0, 0.05) is 12.1 Å². The van der Waals surface area contributed by atoms with Gasteiger partial charge in [0.15, 0.2) is 12.4 Å². The van der Waals surface area contributed by atoms with E-state index in [2.05, 4.69) is 72.4 Å². The van der Waals surface area contributed by atoms with Crippen molar-refractivity contribution in [2.24, 2.45) is 0 Å². The van der Waals surface area contributed by atoms with Crippen molar-refractivity contribution >= 4 is 36.1 Å². The van der Waals surface area contributed by atoms with Gasteiger partial charge in [0.1, 0.15) is 6.54 Å². The van der Waals surface area contributed by atoms with Gasteiger partial charge in [-0.05, 0) is 18.1 Å². The van der Waals surface area contributed by atoms with Gasteiger partial charge in [-0.15, -0.1) is 24.0 Å². The van der Waals surface area contributed by atoms with E-state index in [1.165, 1.54) is 11.1 Å². The Bertz CT molecular complexity index is 460. The van der Waals surface area contributed by atoms with Crippen LogP contribution in [0.4, 0.5) is 0 Å². The van der Waals surface area contributed by atoms with E-state index in [4.69, 9.17) is 0 Å². The average molecular weight is 338 g/mol. The molecule has 2 aromatic rings. The molecule has 0 atom stereocenters. The van der Waals surface area contributed by atoms with Crippen LogP contribution in [0.25, 0.3) is 12.2 Å². The normalized spacial score (nSPS) is 10.2. The molecule has 0 aliphatic carbocycles. The summed E-state index contributed by atoms with van der Waals surface area (Å²) in [5.74, 6) is 0. The lowest BCUT2D eigenvalue weighted by atomic mass is 10.1. The van der Waals surface area contributed by atoms with Gasteiger partial charge >= 0.3 is 0 Å². The second-order valence-corrected chi connectivity index (χ2v) is 3.71. The van der Waals surface area contributed by atoms with Crippen molar-refractivity contribution in [3.63, 3.8) is 0 Å². The lowest BCUT2D eigenvalue weighted by molar-refractivity contribution is -0.693. The van der Waals surface area contributed by atoms with Crippen molar-refractivity contribution in [1.29, 1.82) is 0 Å². The number of aromatic nitrogens is 1. The standard InChI is InChI=1S/C15H16N.HI/c1-2-16-12-10-15(11-13-16)9-8-14-6-4-3-5-7-14;/h3-13H,2H2,1H3;1H/q+1;. The van der Waals surface area contributed by atoms with E-state index < -0.39 is 0 Å². The highest BCUT2D eigenvalue weighted by molar-refractivity contribution is 14.0. The molecule has 17 heavy (non-hydrogen) atoms. The predicted octanol–water partition coefficient (Wildman–Crippen LogP) is 3.78. The van der Waals surface area contributed by atoms with Crippen molar-refractivity contribution in [3.05, 3.63) is 66.0 Å². The summed E-state index contributed by atoms with van der Waals surface area (Å²) in [5.41, 5.74) is 2.46. The zero-order chi connectivity index (χ0) is 11.2. The SMILES string of the molecule is CC[n+]1ccc(C=Cc2ccccc2)cc1.I. The Morgan fingerprint density at radius 1 is 0.882 bits per heavy atom. The van der Waals surface area contributed by atoms with Gasteiger partial charge in [-0.1, -0.05) is 42.5 Å². The average Bonchev–Trinajstić information content (AvgIpc) is 2.38. The second kappa shape index (κ2) is 7.22. The van der Waals surface area contributed by atoms with Gasteiger partial charge in [0.25, 0.3) is 0 Å². The number of pyridine rings is 1. The van der Waals surface area contributed by atoms with Crippen molar-refractivity contribution in [3.8, 4) is 0 Å². The first-order valence-electron chi connectivity index (χ1n) is 5.61. The van der Waals surface area contributed by atoms with Gasteiger partial charge in [-0.25, -0.2) is 4.57 Å². The molecule has 0 aliphatic rings.